The summed E-state index contributed by atoms with van der Waals surface area (Å²) < 4.78 is 33.8. The molecule has 6 unspecified atom stereocenters. The molecular formula is C12H17IO5S. The Morgan fingerprint density at radius 3 is 2.79 bits per heavy atom. The molecular weight excluding hydrogens is 383 g/mol. The first kappa shape index (κ1) is 14.1. The summed E-state index contributed by atoms with van der Waals surface area (Å²) in [4.78, 5) is 12.1. The van der Waals surface area contributed by atoms with E-state index in [2.05, 4.69) is 22.6 Å². The maximum absolute atomic E-state index is 12.1. The van der Waals surface area contributed by atoms with E-state index in [1.54, 1.807) is 0 Å². The second-order valence-corrected chi connectivity index (χ2v) is 10.1. The van der Waals surface area contributed by atoms with E-state index in [9.17, 15) is 13.2 Å². The van der Waals surface area contributed by atoms with Gasteiger partial charge in [-0.15, -0.1) is 0 Å². The van der Waals surface area contributed by atoms with E-state index in [4.69, 9.17) is 8.92 Å². The molecule has 0 aromatic carbocycles. The zero-order valence-corrected chi connectivity index (χ0v) is 13.8. The zero-order valence-electron chi connectivity index (χ0n) is 10.8. The van der Waals surface area contributed by atoms with E-state index < -0.39 is 19.6 Å². The Bertz CT molecular complexity index is 514. The third-order valence-corrected chi connectivity index (χ3v) is 7.72. The van der Waals surface area contributed by atoms with Crippen LogP contribution >= 0.6 is 22.6 Å². The van der Waals surface area contributed by atoms with Crippen molar-refractivity contribution in [3.05, 3.63) is 0 Å². The van der Waals surface area contributed by atoms with Crippen molar-refractivity contribution in [2.45, 2.75) is 54.0 Å². The number of alkyl halides is 1. The Morgan fingerprint density at radius 1 is 1.47 bits per heavy atom. The quantitative estimate of drug-likeness (QED) is 0.312. The summed E-state index contributed by atoms with van der Waals surface area (Å²) in [7, 11) is -3.43. The molecule has 7 heteroatoms. The summed E-state index contributed by atoms with van der Waals surface area (Å²) in [5.74, 6) is -0.0993. The van der Waals surface area contributed by atoms with Crippen molar-refractivity contribution in [3.8, 4) is 0 Å². The Morgan fingerprint density at radius 2 is 2.16 bits per heavy atom. The van der Waals surface area contributed by atoms with Gasteiger partial charge in [0.15, 0.2) is 0 Å². The van der Waals surface area contributed by atoms with Gasteiger partial charge in [0, 0.05) is 11.8 Å². The van der Waals surface area contributed by atoms with E-state index in [0.29, 0.717) is 12.8 Å². The number of halogens is 1. The molecule has 1 saturated heterocycles. The summed E-state index contributed by atoms with van der Waals surface area (Å²) in [6.07, 6.45) is 1.23. The molecule has 0 spiro atoms. The molecule has 0 aromatic rings. The molecule has 2 saturated carbocycles. The fraction of sp³-hybridized carbons (Fsp3) is 0.917. The highest BCUT2D eigenvalue weighted by Gasteiger charge is 2.65. The largest absolute Gasteiger partial charge is 0.458 e. The van der Waals surface area contributed by atoms with Crippen molar-refractivity contribution in [2.24, 2.45) is 11.8 Å². The lowest BCUT2D eigenvalue weighted by molar-refractivity contribution is -0.157. The zero-order chi connectivity index (χ0) is 14.0. The molecule has 0 aromatic heterocycles. The van der Waals surface area contributed by atoms with E-state index >= 15 is 0 Å². The van der Waals surface area contributed by atoms with Gasteiger partial charge in [0.05, 0.1) is 5.25 Å². The van der Waals surface area contributed by atoms with Crippen LogP contribution in [0.2, 0.25) is 0 Å². The van der Waals surface area contributed by atoms with Crippen molar-refractivity contribution in [3.63, 3.8) is 0 Å². The van der Waals surface area contributed by atoms with E-state index in [1.165, 1.54) is 0 Å². The fourth-order valence-electron chi connectivity index (χ4n) is 3.43. The molecule has 3 rings (SSSR count). The third-order valence-electron chi connectivity index (χ3n) is 4.75. The fourth-order valence-corrected chi connectivity index (χ4v) is 5.44. The van der Waals surface area contributed by atoms with Gasteiger partial charge >= 0.3 is 5.97 Å². The number of rotatable bonds is 3. The normalized spacial score (nSPS) is 45.1. The molecule has 2 aliphatic carbocycles. The standard InChI is InChI=1S/C12H17IO5S/c1-3-12(2,13)11(14)17-9-6-4-7-8(5-6)19(15,16)18-10(7)9/h6-10H,3-5H2,1-2H3. The van der Waals surface area contributed by atoms with Gasteiger partial charge in [-0.05, 0) is 26.2 Å². The average Bonchev–Trinajstić information content (AvgIpc) is 2.92. The second kappa shape index (κ2) is 4.30. The number of hydrogen-bond acceptors (Lipinski definition) is 5. The Labute approximate surface area is 126 Å². The molecule has 0 N–H and O–H groups in total. The first-order valence-electron chi connectivity index (χ1n) is 6.58. The lowest BCUT2D eigenvalue weighted by atomic mass is 9.94. The van der Waals surface area contributed by atoms with Crippen molar-refractivity contribution >= 4 is 38.7 Å². The number of hydrogen-bond donors (Lipinski definition) is 0. The van der Waals surface area contributed by atoms with Gasteiger partial charge in [-0.3, -0.25) is 8.98 Å². The molecule has 3 aliphatic rings. The van der Waals surface area contributed by atoms with Crippen LogP contribution in [0.5, 0.6) is 0 Å². The van der Waals surface area contributed by atoms with Gasteiger partial charge in [0.25, 0.3) is 10.1 Å². The van der Waals surface area contributed by atoms with Gasteiger partial charge in [-0.25, -0.2) is 0 Å². The highest BCUT2D eigenvalue weighted by molar-refractivity contribution is 14.1. The summed E-state index contributed by atoms with van der Waals surface area (Å²) >= 11 is 2.09. The minimum atomic E-state index is -3.43. The monoisotopic (exact) mass is 400 g/mol. The first-order valence-corrected chi connectivity index (χ1v) is 9.13. The van der Waals surface area contributed by atoms with E-state index in [-0.39, 0.29) is 29.2 Å². The van der Waals surface area contributed by atoms with Crippen LogP contribution in [0.25, 0.3) is 0 Å². The minimum Gasteiger partial charge on any atom is -0.458 e. The van der Waals surface area contributed by atoms with Gasteiger partial charge in [-0.2, -0.15) is 8.42 Å². The van der Waals surface area contributed by atoms with Gasteiger partial charge in [-0.1, -0.05) is 29.5 Å². The molecule has 0 radical (unpaired) electrons. The van der Waals surface area contributed by atoms with Crippen molar-refractivity contribution in [1.82, 2.24) is 0 Å². The van der Waals surface area contributed by atoms with Crippen LogP contribution in [0.1, 0.15) is 33.1 Å². The number of carbonyl (C=O) groups is 1. The lowest BCUT2D eigenvalue weighted by Crippen LogP contribution is -2.41. The van der Waals surface area contributed by atoms with Crippen LogP contribution in [0, 0.1) is 11.8 Å². The minimum absolute atomic E-state index is 0.0230. The Balaban J connectivity index is 1.77. The molecule has 0 amide bonds. The summed E-state index contributed by atoms with van der Waals surface area (Å²) in [5.41, 5.74) is 0. The van der Waals surface area contributed by atoms with Crippen LogP contribution < -0.4 is 0 Å². The van der Waals surface area contributed by atoms with Crippen LogP contribution in [-0.4, -0.2) is 35.3 Å². The summed E-state index contributed by atoms with van der Waals surface area (Å²) in [5, 5.41) is -0.366. The predicted molar refractivity (Wildman–Crippen MR) is 76.4 cm³/mol. The highest BCUT2D eigenvalue weighted by Crippen LogP contribution is 2.55. The second-order valence-electron chi connectivity index (χ2n) is 5.91. The number of fused-ring (bicyclic) bond motifs is 1. The maximum atomic E-state index is 12.1. The summed E-state index contributed by atoms with van der Waals surface area (Å²) in [6.45, 7) is 3.76. The molecule has 3 fully saturated rings. The Hall–Kier alpha value is 0.110. The number of carbonyl (C=O) groups excluding carboxylic acids is 1. The molecule has 108 valence electrons. The number of esters is 1. The van der Waals surface area contributed by atoms with Crippen LogP contribution in [-0.2, 0) is 23.8 Å². The third kappa shape index (κ3) is 2.03. The van der Waals surface area contributed by atoms with Crippen molar-refractivity contribution < 1.29 is 22.1 Å². The summed E-state index contributed by atoms with van der Waals surface area (Å²) in [6, 6.07) is 0. The molecule has 1 heterocycles. The predicted octanol–water partition coefficient (Wildman–Crippen LogP) is 1.64. The van der Waals surface area contributed by atoms with Crippen LogP contribution in [0.15, 0.2) is 0 Å². The van der Waals surface area contributed by atoms with Crippen LogP contribution in [0.4, 0.5) is 0 Å². The molecule has 19 heavy (non-hydrogen) atoms. The highest BCUT2D eigenvalue weighted by atomic mass is 127. The van der Waals surface area contributed by atoms with E-state index in [0.717, 1.165) is 6.42 Å². The SMILES string of the molecule is CCC(C)(I)C(=O)OC1C2CC3C1OS(=O)(=O)C3C2. The molecule has 2 bridgehead atoms. The van der Waals surface area contributed by atoms with Gasteiger partial charge < -0.3 is 4.74 Å². The van der Waals surface area contributed by atoms with Gasteiger partial charge in [0.2, 0.25) is 0 Å². The molecule has 6 atom stereocenters. The smallest absolute Gasteiger partial charge is 0.322 e. The van der Waals surface area contributed by atoms with E-state index in [1.807, 2.05) is 13.8 Å². The lowest BCUT2D eigenvalue weighted by Gasteiger charge is -2.28. The average molecular weight is 400 g/mol. The maximum Gasteiger partial charge on any atom is 0.322 e. The van der Waals surface area contributed by atoms with Crippen molar-refractivity contribution in [2.75, 3.05) is 0 Å². The van der Waals surface area contributed by atoms with Gasteiger partial charge in [0.1, 0.15) is 15.6 Å². The number of ether oxygens (including phenoxy) is 1. The topological polar surface area (TPSA) is 69.7 Å². The van der Waals surface area contributed by atoms with Crippen LogP contribution in [0.3, 0.4) is 0 Å². The molecule has 1 aliphatic heterocycles. The van der Waals surface area contributed by atoms with Crippen molar-refractivity contribution in [1.29, 1.82) is 0 Å². The Kier molecular flexibility index (Phi) is 3.18. The first-order chi connectivity index (χ1) is 8.76. The molecule has 5 nitrogen and oxygen atoms in total.